The van der Waals surface area contributed by atoms with E-state index < -0.39 is 6.10 Å². The van der Waals surface area contributed by atoms with Crippen molar-refractivity contribution in [3.05, 3.63) is 89.0 Å². The van der Waals surface area contributed by atoms with E-state index in [1.54, 1.807) is 0 Å². The number of hydrogen-bond acceptors (Lipinski definition) is 5. The van der Waals surface area contributed by atoms with Gasteiger partial charge < -0.3 is 20.1 Å². The SMILES string of the molecule is Cc1c(COc2ccc3c(c2)C[C@H](O)[C@H]3NCCN2CCN(C)CC2)cccc1-c1ccccc1. The first kappa shape index (κ1) is 24.0. The van der Waals surface area contributed by atoms with Crippen molar-refractivity contribution in [1.82, 2.24) is 15.1 Å². The van der Waals surface area contributed by atoms with Gasteiger partial charge in [0.1, 0.15) is 12.4 Å². The summed E-state index contributed by atoms with van der Waals surface area (Å²) in [5.74, 6) is 0.860. The number of likely N-dealkylation sites (N-methyl/N-ethyl adjacent to an activating group) is 1. The highest BCUT2D eigenvalue weighted by Gasteiger charge is 2.31. The second-order valence-electron chi connectivity index (χ2n) is 9.95. The van der Waals surface area contributed by atoms with E-state index in [4.69, 9.17) is 4.74 Å². The molecule has 5 rings (SSSR count). The largest absolute Gasteiger partial charge is 0.489 e. The van der Waals surface area contributed by atoms with E-state index in [0.717, 1.165) is 45.0 Å². The van der Waals surface area contributed by atoms with Crippen LogP contribution in [-0.2, 0) is 13.0 Å². The van der Waals surface area contributed by atoms with E-state index in [0.29, 0.717) is 13.0 Å². The second-order valence-corrected chi connectivity index (χ2v) is 9.95. The van der Waals surface area contributed by atoms with Gasteiger partial charge in [0.2, 0.25) is 0 Å². The average Bonchev–Trinajstić information content (AvgIpc) is 3.19. The highest BCUT2D eigenvalue weighted by molar-refractivity contribution is 5.68. The number of nitrogens with zero attached hydrogens (tertiary/aromatic N) is 2. The molecular weight excluding hydrogens is 434 g/mol. The smallest absolute Gasteiger partial charge is 0.120 e. The Balaban J connectivity index is 1.19. The highest BCUT2D eigenvalue weighted by Crippen LogP contribution is 2.34. The summed E-state index contributed by atoms with van der Waals surface area (Å²) in [4.78, 5) is 4.88. The molecule has 0 saturated carbocycles. The minimum atomic E-state index is -0.391. The topological polar surface area (TPSA) is 48.0 Å². The van der Waals surface area contributed by atoms with Crippen LogP contribution >= 0.6 is 0 Å². The van der Waals surface area contributed by atoms with Gasteiger partial charge in [0.05, 0.1) is 12.1 Å². The molecule has 5 nitrogen and oxygen atoms in total. The van der Waals surface area contributed by atoms with Gasteiger partial charge in [0.25, 0.3) is 0 Å². The quantitative estimate of drug-likeness (QED) is 0.519. The van der Waals surface area contributed by atoms with Crippen LogP contribution in [0.4, 0.5) is 0 Å². The Morgan fingerprint density at radius 3 is 2.57 bits per heavy atom. The van der Waals surface area contributed by atoms with Gasteiger partial charge in [-0.2, -0.15) is 0 Å². The van der Waals surface area contributed by atoms with E-state index >= 15 is 0 Å². The van der Waals surface area contributed by atoms with Crippen molar-refractivity contribution in [1.29, 1.82) is 0 Å². The molecule has 1 aliphatic heterocycles. The van der Waals surface area contributed by atoms with Crippen molar-refractivity contribution in [2.24, 2.45) is 0 Å². The number of piperazine rings is 1. The summed E-state index contributed by atoms with van der Waals surface area (Å²) in [6, 6.07) is 23.2. The number of rotatable bonds is 8. The molecule has 0 amide bonds. The fourth-order valence-corrected chi connectivity index (χ4v) is 5.33. The minimum Gasteiger partial charge on any atom is -0.489 e. The maximum absolute atomic E-state index is 10.7. The minimum absolute atomic E-state index is 0.00341. The predicted molar refractivity (Wildman–Crippen MR) is 142 cm³/mol. The van der Waals surface area contributed by atoms with Crippen LogP contribution < -0.4 is 10.1 Å². The van der Waals surface area contributed by atoms with E-state index in [1.807, 2.05) is 12.1 Å². The number of nitrogens with one attached hydrogen (secondary N) is 1. The van der Waals surface area contributed by atoms with Crippen LogP contribution in [0.15, 0.2) is 66.7 Å². The van der Waals surface area contributed by atoms with Gasteiger partial charge in [0.15, 0.2) is 0 Å². The van der Waals surface area contributed by atoms with Gasteiger partial charge in [-0.15, -0.1) is 0 Å². The zero-order valence-electron chi connectivity index (χ0n) is 20.9. The first-order chi connectivity index (χ1) is 17.1. The molecule has 1 heterocycles. The van der Waals surface area contributed by atoms with E-state index in [2.05, 4.69) is 83.7 Å². The third kappa shape index (κ3) is 5.60. The third-order valence-corrected chi connectivity index (χ3v) is 7.58. The van der Waals surface area contributed by atoms with Crippen molar-refractivity contribution >= 4 is 0 Å². The molecule has 184 valence electrons. The Morgan fingerprint density at radius 1 is 0.971 bits per heavy atom. The molecule has 1 saturated heterocycles. The lowest BCUT2D eigenvalue weighted by Gasteiger charge is -2.32. The normalized spacial score (nSPS) is 20.7. The molecule has 2 aliphatic rings. The molecule has 0 aromatic heterocycles. The van der Waals surface area contributed by atoms with Crippen molar-refractivity contribution in [2.75, 3.05) is 46.3 Å². The van der Waals surface area contributed by atoms with E-state index in [-0.39, 0.29) is 6.04 Å². The summed E-state index contributed by atoms with van der Waals surface area (Å²) in [5.41, 5.74) is 7.29. The second kappa shape index (κ2) is 10.9. The van der Waals surface area contributed by atoms with Crippen molar-refractivity contribution < 1.29 is 9.84 Å². The Morgan fingerprint density at radius 2 is 1.77 bits per heavy atom. The van der Waals surface area contributed by atoms with E-state index in [9.17, 15) is 5.11 Å². The van der Waals surface area contributed by atoms with E-state index in [1.165, 1.54) is 33.4 Å². The molecule has 5 heteroatoms. The van der Waals surface area contributed by atoms with Gasteiger partial charge in [-0.25, -0.2) is 0 Å². The Kier molecular flexibility index (Phi) is 7.49. The molecule has 1 aliphatic carbocycles. The maximum atomic E-state index is 10.7. The zero-order chi connectivity index (χ0) is 24.2. The van der Waals surface area contributed by atoms with Crippen LogP contribution in [0.5, 0.6) is 5.75 Å². The van der Waals surface area contributed by atoms with Gasteiger partial charge >= 0.3 is 0 Å². The molecule has 1 fully saturated rings. The summed E-state index contributed by atoms with van der Waals surface area (Å²) >= 11 is 0. The molecule has 0 radical (unpaired) electrons. The highest BCUT2D eigenvalue weighted by atomic mass is 16.5. The molecule has 0 spiro atoms. The third-order valence-electron chi connectivity index (χ3n) is 7.58. The Bertz CT molecular complexity index is 1130. The molecule has 0 bridgehead atoms. The van der Waals surface area contributed by atoms with Crippen molar-refractivity contribution in [3.63, 3.8) is 0 Å². The fraction of sp³-hybridized carbons (Fsp3) is 0.400. The van der Waals surface area contributed by atoms with Gasteiger partial charge in [-0.3, -0.25) is 4.90 Å². The lowest BCUT2D eigenvalue weighted by Crippen LogP contribution is -2.47. The Hall–Kier alpha value is -2.70. The number of aliphatic hydroxyl groups is 1. The van der Waals surface area contributed by atoms with Gasteiger partial charge in [-0.05, 0) is 59.5 Å². The van der Waals surface area contributed by atoms with Crippen LogP contribution in [0.2, 0.25) is 0 Å². The summed E-state index contributed by atoms with van der Waals surface area (Å²) < 4.78 is 6.22. The van der Waals surface area contributed by atoms with Crippen LogP contribution in [0.3, 0.4) is 0 Å². The van der Waals surface area contributed by atoms with Gasteiger partial charge in [-0.1, -0.05) is 54.6 Å². The standard InChI is InChI=1S/C30H37N3O2/c1-22-24(9-6-10-27(22)23-7-4-3-5-8-23)21-35-26-11-12-28-25(19-26)20-29(34)30(28)31-13-14-33-17-15-32(2)16-18-33/h3-12,19,29-31,34H,13-18,20-21H2,1-2H3/t29-,30-/m0/s1. The monoisotopic (exact) mass is 471 g/mol. The lowest BCUT2D eigenvalue weighted by molar-refractivity contribution is 0.129. The van der Waals surface area contributed by atoms with Crippen LogP contribution in [0.25, 0.3) is 11.1 Å². The summed E-state index contributed by atoms with van der Waals surface area (Å²) in [6.45, 7) is 9.11. The zero-order valence-corrected chi connectivity index (χ0v) is 20.9. The number of fused-ring (bicyclic) bond motifs is 1. The summed E-state index contributed by atoms with van der Waals surface area (Å²) in [5, 5.41) is 14.3. The summed E-state index contributed by atoms with van der Waals surface area (Å²) in [7, 11) is 2.18. The summed E-state index contributed by atoms with van der Waals surface area (Å²) in [6.07, 6.45) is 0.277. The molecule has 2 N–H and O–H groups in total. The molecule has 35 heavy (non-hydrogen) atoms. The predicted octanol–water partition coefficient (Wildman–Crippen LogP) is 4.04. The molecular formula is C30H37N3O2. The molecule has 3 aromatic carbocycles. The van der Waals surface area contributed by atoms with Crippen LogP contribution in [0.1, 0.15) is 28.3 Å². The van der Waals surface area contributed by atoms with Crippen LogP contribution in [0, 0.1) is 6.92 Å². The lowest BCUT2D eigenvalue weighted by atomic mass is 9.97. The Labute approximate surface area is 209 Å². The van der Waals surface area contributed by atoms with Crippen molar-refractivity contribution in [2.45, 2.75) is 32.1 Å². The maximum Gasteiger partial charge on any atom is 0.120 e. The number of aliphatic hydroxyl groups excluding tert-OH is 1. The van der Waals surface area contributed by atoms with Gasteiger partial charge in [0, 0.05) is 45.7 Å². The number of benzene rings is 3. The first-order valence-electron chi connectivity index (χ1n) is 12.8. The number of ether oxygens (including phenoxy) is 1. The van der Waals surface area contributed by atoms with Crippen molar-refractivity contribution in [3.8, 4) is 16.9 Å². The van der Waals surface area contributed by atoms with Crippen LogP contribution in [-0.4, -0.2) is 67.3 Å². The fourth-order valence-electron chi connectivity index (χ4n) is 5.33. The first-order valence-corrected chi connectivity index (χ1v) is 12.8. The number of hydrogen-bond donors (Lipinski definition) is 2. The molecule has 0 unspecified atom stereocenters. The molecule has 3 aromatic rings. The average molecular weight is 472 g/mol. The molecule has 2 atom stereocenters.